The number of carbonyl (C=O) groups is 1. The number of amides is 1. The molecular formula is C19H12Cl2N6O2. The van der Waals surface area contributed by atoms with Gasteiger partial charge in [-0.25, -0.2) is 4.98 Å². The van der Waals surface area contributed by atoms with Gasteiger partial charge < -0.3 is 10.1 Å². The van der Waals surface area contributed by atoms with Gasteiger partial charge in [-0.3, -0.25) is 14.8 Å². The van der Waals surface area contributed by atoms with Gasteiger partial charge in [-0.05, 0) is 30.3 Å². The van der Waals surface area contributed by atoms with E-state index in [9.17, 15) is 4.79 Å². The normalized spacial score (nSPS) is 13.3. The summed E-state index contributed by atoms with van der Waals surface area (Å²) in [5.41, 5.74) is 2.27. The van der Waals surface area contributed by atoms with E-state index in [2.05, 4.69) is 25.5 Å². The van der Waals surface area contributed by atoms with E-state index in [1.165, 1.54) is 11.1 Å². The number of fused-ring (bicyclic) bond motifs is 2. The summed E-state index contributed by atoms with van der Waals surface area (Å²) in [6.45, 7) is -0.0636. The number of anilines is 3. The van der Waals surface area contributed by atoms with Crippen LogP contribution in [0.3, 0.4) is 0 Å². The van der Waals surface area contributed by atoms with Crippen LogP contribution in [0.5, 0.6) is 5.88 Å². The summed E-state index contributed by atoms with van der Waals surface area (Å²) in [4.78, 5) is 22.8. The van der Waals surface area contributed by atoms with Gasteiger partial charge in [0.2, 0.25) is 11.8 Å². The van der Waals surface area contributed by atoms with Gasteiger partial charge in [0.15, 0.2) is 6.73 Å². The lowest BCUT2D eigenvalue weighted by Crippen LogP contribution is -2.39. The summed E-state index contributed by atoms with van der Waals surface area (Å²) < 4.78 is 5.69. The Kier molecular flexibility index (Phi) is 4.22. The van der Waals surface area contributed by atoms with Crippen LogP contribution in [0.4, 0.5) is 17.3 Å². The highest BCUT2D eigenvalue weighted by Crippen LogP contribution is 2.37. The molecule has 1 aliphatic heterocycles. The fraction of sp³-hybridized carbons (Fsp3) is 0.0526. The highest BCUT2D eigenvalue weighted by Gasteiger charge is 2.31. The molecule has 3 heterocycles. The van der Waals surface area contributed by atoms with E-state index in [0.29, 0.717) is 21.7 Å². The second-order valence-electron chi connectivity index (χ2n) is 6.29. The molecule has 29 heavy (non-hydrogen) atoms. The Morgan fingerprint density at radius 1 is 1.14 bits per heavy atom. The first kappa shape index (κ1) is 17.7. The summed E-state index contributed by atoms with van der Waals surface area (Å²) in [7, 11) is 0. The van der Waals surface area contributed by atoms with Gasteiger partial charge in [-0.1, -0.05) is 29.3 Å². The van der Waals surface area contributed by atoms with Crippen molar-refractivity contribution in [2.75, 3.05) is 16.9 Å². The van der Waals surface area contributed by atoms with Crippen LogP contribution in [0, 0.1) is 0 Å². The summed E-state index contributed by atoms with van der Waals surface area (Å²) in [6.07, 6.45) is 3.16. The molecule has 5 rings (SSSR count). The van der Waals surface area contributed by atoms with Gasteiger partial charge in [0.05, 0.1) is 27.4 Å². The Morgan fingerprint density at radius 3 is 2.79 bits per heavy atom. The van der Waals surface area contributed by atoms with Crippen LogP contribution in [-0.4, -0.2) is 32.8 Å². The smallest absolute Gasteiger partial charge is 0.268 e. The Labute approximate surface area is 174 Å². The summed E-state index contributed by atoms with van der Waals surface area (Å²) in [5, 5.41) is 11.7. The zero-order valence-corrected chi connectivity index (χ0v) is 16.2. The molecule has 2 N–H and O–H groups in total. The van der Waals surface area contributed by atoms with Gasteiger partial charge in [0.1, 0.15) is 5.56 Å². The van der Waals surface area contributed by atoms with Crippen molar-refractivity contribution in [2.45, 2.75) is 0 Å². The molecule has 0 fully saturated rings. The van der Waals surface area contributed by atoms with Crippen molar-refractivity contribution < 1.29 is 9.53 Å². The van der Waals surface area contributed by atoms with Crippen LogP contribution in [-0.2, 0) is 0 Å². The number of H-pyrrole nitrogens is 1. The van der Waals surface area contributed by atoms with E-state index >= 15 is 0 Å². The lowest BCUT2D eigenvalue weighted by molar-refractivity contribution is 0.0932. The minimum absolute atomic E-state index is 0.0636. The van der Waals surface area contributed by atoms with E-state index < -0.39 is 0 Å². The van der Waals surface area contributed by atoms with E-state index in [-0.39, 0.29) is 24.1 Å². The molecule has 0 bridgehead atoms. The third-order valence-corrected chi connectivity index (χ3v) is 5.08. The number of benzene rings is 2. The fourth-order valence-corrected chi connectivity index (χ4v) is 3.67. The van der Waals surface area contributed by atoms with Crippen LogP contribution in [0.1, 0.15) is 10.4 Å². The molecule has 10 heteroatoms. The molecule has 0 saturated heterocycles. The predicted octanol–water partition coefficient (Wildman–Crippen LogP) is 4.40. The van der Waals surface area contributed by atoms with Crippen molar-refractivity contribution >= 4 is 57.3 Å². The molecule has 0 radical (unpaired) electrons. The number of para-hydroxylation sites is 1. The Bertz CT molecular complexity index is 1240. The SMILES string of the molecule is O=C1c2cnc(Nc3ccc4cn[nH]c4c3)nc2OCN1c1c(Cl)cccc1Cl. The second-order valence-corrected chi connectivity index (χ2v) is 7.10. The van der Waals surface area contributed by atoms with Gasteiger partial charge >= 0.3 is 0 Å². The maximum Gasteiger partial charge on any atom is 0.268 e. The number of rotatable bonds is 3. The highest BCUT2D eigenvalue weighted by atomic mass is 35.5. The summed E-state index contributed by atoms with van der Waals surface area (Å²) in [5.74, 6) is 0.154. The zero-order chi connectivity index (χ0) is 20.0. The van der Waals surface area contributed by atoms with Crippen molar-refractivity contribution in [1.82, 2.24) is 20.2 Å². The van der Waals surface area contributed by atoms with Gasteiger partial charge in [0.25, 0.3) is 5.91 Å². The first-order chi connectivity index (χ1) is 14.1. The van der Waals surface area contributed by atoms with E-state index in [1.54, 1.807) is 24.4 Å². The quantitative estimate of drug-likeness (QED) is 0.503. The van der Waals surface area contributed by atoms with Crippen molar-refractivity contribution in [3.8, 4) is 5.88 Å². The van der Waals surface area contributed by atoms with Crippen molar-refractivity contribution in [3.05, 3.63) is 64.4 Å². The largest absolute Gasteiger partial charge is 0.455 e. The predicted molar refractivity (Wildman–Crippen MR) is 110 cm³/mol. The average Bonchev–Trinajstić information content (AvgIpc) is 3.17. The van der Waals surface area contributed by atoms with Gasteiger partial charge in [-0.2, -0.15) is 10.1 Å². The first-order valence-electron chi connectivity index (χ1n) is 8.56. The fourth-order valence-electron chi connectivity index (χ4n) is 3.07. The minimum atomic E-state index is -0.341. The van der Waals surface area contributed by atoms with E-state index in [4.69, 9.17) is 27.9 Å². The van der Waals surface area contributed by atoms with Crippen molar-refractivity contribution in [2.24, 2.45) is 0 Å². The number of halogens is 2. The maximum absolute atomic E-state index is 12.9. The molecule has 8 nitrogen and oxygen atoms in total. The Morgan fingerprint density at radius 2 is 1.97 bits per heavy atom. The zero-order valence-electron chi connectivity index (χ0n) is 14.7. The number of aromatic amines is 1. The second kappa shape index (κ2) is 6.91. The average molecular weight is 427 g/mol. The molecule has 0 atom stereocenters. The molecule has 4 aromatic rings. The number of carbonyl (C=O) groups excluding carboxylic acids is 1. The number of hydrogen-bond acceptors (Lipinski definition) is 6. The molecule has 1 amide bonds. The molecule has 2 aromatic heterocycles. The number of nitrogens with one attached hydrogen (secondary N) is 2. The topological polar surface area (TPSA) is 96.0 Å². The van der Waals surface area contributed by atoms with Gasteiger partial charge in [0, 0.05) is 17.3 Å². The number of ether oxygens (including phenoxy) is 1. The molecule has 0 unspecified atom stereocenters. The molecular weight excluding hydrogens is 415 g/mol. The monoisotopic (exact) mass is 426 g/mol. The molecule has 0 saturated carbocycles. The van der Waals surface area contributed by atoms with Crippen LogP contribution in [0.25, 0.3) is 10.9 Å². The molecule has 0 aliphatic carbocycles. The number of nitrogens with zero attached hydrogens (tertiary/aromatic N) is 4. The van der Waals surface area contributed by atoms with Crippen molar-refractivity contribution in [3.63, 3.8) is 0 Å². The Balaban J connectivity index is 1.43. The van der Waals surface area contributed by atoms with E-state index in [1.807, 2.05) is 18.2 Å². The molecule has 144 valence electrons. The highest BCUT2D eigenvalue weighted by molar-refractivity contribution is 6.40. The van der Waals surface area contributed by atoms with Crippen LogP contribution in [0.15, 0.2) is 48.8 Å². The van der Waals surface area contributed by atoms with E-state index in [0.717, 1.165) is 16.6 Å². The summed E-state index contributed by atoms with van der Waals surface area (Å²) in [6, 6.07) is 10.7. The standard InChI is InChI=1S/C19H12Cl2N6O2/c20-13-2-1-3-14(21)16(13)27-9-29-17-12(18(27)28)8-22-19(25-17)24-11-5-4-10-7-23-26-15(10)6-11/h1-8H,9H2,(H,23,26)(H,22,24,25). The lowest BCUT2D eigenvalue weighted by Gasteiger charge is -2.29. The molecule has 0 spiro atoms. The summed E-state index contributed by atoms with van der Waals surface area (Å²) >= 11 is 12.4. The van der Waals surface area contributed by atoms with Gasteiger partial charge in [-0.15, -0.1) is 0 Å². The third kappa shape index (κ3) is 3.12. The van der Waals surface area contributed by atoms with Crippen LogP contribution in [0.2, 0.25) is 10.0 Å². The third-order valence-electron chi connectivity index (χ3n) is 4.47. The lowest BCUT2D eigenvalue weighted by atomic mass is 10.2. The maximum atomic E-state index is 12.9. The van der Waals surface area contributed by atoms with Crippen LogP contribution >= 0.6 is 23.2 Å². The number of hydrogen-bond donors (Lipinski definition) is 2. The first-order valence-corrected chi connectivity index (χ1v) is 9.31. The number of aromatic nitrogens is 4. The van der Waals surface area contributed by atoms with Crippen LogP contribution < -0.4 is 15.0 Å². The molecule has 1 aliphatic rings. The van der Waals surface area contributed by atoms with Crippen molar-refractivity contribution in [1.29, 1.82) is 0 Å². The molecule has 2 aromatic carbocycles. The Hall–Kier alpha value is -3.36. The minimum Gasteiger partial charge on any atom is -0.455 e.